The molecule has 0 fully saturated rings. The van der Waals surface area contributed by atoms with Gasteiger partial charge in [0.1, 0.15) is 11.0 Å². The number of carbonyl (C=O) groups is 1. The molecule has 1 amide bonds. The first-order valence-corrected chi connectivity index (χ1v) is 12.1. The Morgan fingerprint density at radius 3 is 2.39 bits per heavy atom. The van der Waals surface area contributed by atoms with Crippen molar-refractivity contribution in [3.05, 3.63) is 89.3 Å². The lowest BCUT2D eigenvalue weighted by molar-refractivity contribution is -0.130. The molecule has 4 rings (SSSR count). The molecule has 1 atom stereocenters. The average Bonchev–Trinajstić information content (AvgIpc) is 3.50. The van der Waals surface area contributed by atoms with Crippen molar-refractivity contribution >= 4 is 29.3 Å². The van der Waals surface area contributed by atoms with Gasteiger partial charge < -0.3 is 9.32 Å². The molecule has 0 aliphatic heterocycles. The second-order valence-corrected chi connectivity index (χ2v) is 8.91. The molecule has 4 aromatic rings. The fourth-order valence-electron chi connectivity index (χ4n) is 3.58. The number of hydrogen-bond acceptors (Lipinski definition) is 5. The average molecular weight is 481 g/mol. The molecule has 2 aromatic carbocycles. The summed E-state index contributed by atoms with van der Waals surface area (Å²) in [5.41, 5.74) is 1.82. The summed E-state index contributed by atoms with van der Waals surface area (Å²) in [5.74, 6) is 1.52. The van der Waals surface area contributed by atoms with Gasteiger partial charge in [-0.1, -0.05) is 53.7 Å². The summed E-state index contributed by atoms with van der Waals surface area (Å²) in [6.45, 7) is 5.72. The number of thioether (sulfide) groups is 1. The predicted molar refractivity (Wildman–Crippen MR) is 131 cm³/mol. The van der Waals surface area contributed by atoms with Gasteiger partial charge in [-0.15, -0.1) is 10.2 Å². The van der Waals surface area contributed by atoms with Crippen molar-refractivity contribution in [1.29, 1.82) is 0 Å². The number of amides is 1. The van der Waals surface area contributed by atoms with Crippen LogP contribution in [-0.4, -0.2) is 38.7 Å². The van der Waals surface area contributed by atoms with Crippen LogP contribution in [0.5, 0.6) is 0 Å². The number of carbonyl (C=O) groups excluding carboxylic acids is 1. The molecule has 0 bridgehead atoms. The number of nitrogens with zero attached hydrogens (tertiary/aromatic N) is 4. The van der Waals surface area contributed by atoms with Crippen molar-refractivity contribution in [3.8, 4) is 11.4 Å². The van der Waals surface area contributed by atoms with E-state index >= 15 is 0 Å². The predicted octanol–water partition coefficient (Wildman–Crippen LogP) is 5.94. The highest BCUT2D eigenvalue weighted by Crippen LogP contribution is 2.37. The van der Waals surface area contributed by atoms with E-state index in [-0.39, 0.29) is 5.91 Å². The number of hydrogen-bond donors (Lipinski definition) is 0. The van der Waals surface area contributed by atoms with E-state index in [9.17, 15) is 4.79 Å². The van der Waals surface area contributed by atoms with Gasteiger partial charge in [0.15, 0.2) is 11.0 Å². The molecule has 0 aliphatic rings. The summed E-state index contributed by atoms with van der Waals surface area (Å²) in [4.78, 5) is 15.3. The van der Waals surface area contributed by atoms with E-state index in [1.54, 1.807) is 6.26 Å². The van der Waals surface area contributed by atoms with Gasteiger partial charge in [0, 0.05) is 23.7 Å². The first kappa shape index (κ1) is 23.1. The third kappa shape index (κ3) is 5.31. The van der Waals surface area contributed by atoms with Gasteiger partial charge in [0.2, 0.25) is 5.91 Å². The monoisotopic (exact) mass is 480 g/mol. The summed E-state index contributed by atoms with van der Waals surface area (Å²) in [5, 5.41) is 9.81. The minimum atomic E-state index is -0.441. The highest BCUT2D eigenvalue weighted by Gasteiger charge is 2.29. The molecule has 1 unspecified atom stereocenters. The van der Waals surface area contributed by atoms with Crippen LogP contribution in [0, 0.1) is 0 Å². The van der Waals surface area contributed by atoms with Crippen LogP contribution in [0.15, 0.2) is 82.6 Å². The molecule has 0 N–H and O–H groups in total. The second-order valence-electron chi connectivity index (χ2n) is 7.40. The van der Waals surface area contributed by atoms with E-state index in [1.807, 2.05) is 90.0 Å². The van der Waals surface area contributed by atoms with E-state index in [1.165, 1.54) is 11.8 Å². The largest absolute Gasteiger partial charge is 0.467 e. The van der Waals surface area contributed by atoms with Crippen molar-refractivity contribution in [3.63, 3.8) is 0 Å². The van der Waals surface area contributed by atoms with Crippen LogP contribution in [0.2, 0.25) is 5.02 Å². The van der Waals surface area contributed by atoms with Gasteiger partial charge in [-0.25, -0.2) is 0 Å². The Labute approximate surface area is 202 Å². The van der Waals surface area contributed by atoms with Crippen molar-refractivity contribution < 1.29 is 9.21 Å². The molecule has 33 heavy (non-hydrogen) atoms. The summed E-state index contributed by atoms with van der Waals surface area (Å²) in [6, 6.07) is 21.0. The van der Waals surface area contributed by atoms with Gasteiger partial charge >= 0.3 is 0 Å². The molecule has 6 nitrogen and oxygen atoms in total. The van der Waals surface area contributed by atoms with Crippen LogP contribution in [0.3, 0.4) is 0 Å². The fourth-order valence-corrected chi connectivity index (χ4v) is 4.83. The zero-order chi connectivity index (χ0) is 23.2. The molecule has 2 aromatic heterocycles. The maximum atomic E-state index is 13.5. The molecular formula is C25H25ClN4O2S. The maximum Gasteiger partial charge on any atom is 0.240 e. The lowest BCUT2D eigenvalue weighted by atomic mass is 10.1. The van der Waals surface area contributed by atoms with E-state index in [0.717, 1.165) is 16.9 Å². The van der Waals surface area contributed by atoms with E-state index in [4.69, 9.17) is 16.0 Å². The van der Waals surface area contributed by atoms with Gasteiger partial charge in [-0.05, 0) is 55.8 Å². The van der Waals surface area contributed by atoms with Crippen LogP contribution in [0.4, 0.5) is 0 Å². The van der Waals surface area contributed by atoms with Crippen LogP contribution < -0.4 is 0 Å². The Kier molecular flexibility index (Phi) is 7.52. The molecule has 8 heteroatoms. The zero-order valence-electron chi connectivity index (χ0n) is 18.5. The van der Waals surface area contributed by atoms with E-state index in [0.29, 0.717) is 35.6 Å². The molecule has 2 heterocycles. The molecule has 0 radical (unpaired) electrons. The normalized spacial score (nSPS) is 12.0. The maximum absolute atomic E-state index is 13.5. The van der Waals surface area contributed by atoms with Crippen molar-refractivity contribution in [2.75, 3.05) is 13.1 Å². The molecule has 0 spiro atoms. The second kappa shape index (κ2) is 10.7. The smallest absolute Gasteiger partial charge is 0.240 e. The first-order chi connectivity index (χ1) is 16.1. The first-order valence-electron chi connectivity index (χ1n) is 10.8. The third-order valence-electron chi connectivity index (χ3n) is 5.34. The van der Waals surface area contributed by atoms with Gasteiger partial charge in [0.05, 0.1) is 12.8 Å². The Morgan fingerprint density at radius 1 is 1.03 bits per heavy atom. The van der Waals surface area contributed by atoms with Gasteiger partial charge in [-0.3, -0.25) is 9.36 Å². The topological polar surface area (TPSA) is 64.2 Å². The van der Waals surface area contributed by atoms with Gasteiger partial charge in [0.25, 0.3) is 0 Å². The summed E-state index contributed by atoms with van der Waals surface area (Å²) in [6.07, 6.45) is 1.64. The highest BCUT2D eigenvalue weighted by molar-refractivity contribution is 8.00. The van der Waals surface area contributed by atoms with Crippen LogP contribution >= 0.6 is 23.4 Å². The Hall–Kier alpha value is -3.03. The van der Waals surface area contributed by atoms with Gasteiger partial charge in [-0.2, -0.15) is 0 Å². The minimum Gasteiger partial charge on any atom is -0.467 e. The van der Waals surface area contributed by atoms with E-state index < -0.39 is 5.25 Å². The van der Waals surface area contributed by atoms with Crippen LogP contribution in [0.1, 0.15) is 30.4 Å². The number of likely N-dealkylation sites (N-methyl/N-ethyl adjacent to an activating group) is 1. The van der Waals surface area contributed by atoms with Crippen LogP contribution in [-0.2, 0) is 11.3 Å². The SMILES string of the molecule is CCN(CC)C(=O)C(Sc1nnc(-c2ccc(Cl)cc2)n1Cc1ccco1)c1ccccc1. The van der Waals surface area contributed by atoms with Crippen molar-refractivity contribution in [2.45, 2.75) is 30.8 Å². The molecule has 0 aliphatic carbocycles. The lowest BCUT2D eigenvalue weighted by Gasteiger charge is -2.25. The molecule has 170 valence electrons. The summed E-state index contributed by atoms with van der Waals surface area (Å²) in [7, 11) is 0. The van der Waals surface area contributed by atoms with E-state index in [2.05, 4.69) is 10.2 Å². The molecular weight excluding hydrogens is 456 g/mol. The Balaban J connectivity index is 1.75. The summed E-state index contributed by atoms with van der Waals surface area (Å²) < 4.78 is 7.58. The van der Waals surface area contributed by atoms with Crippen molar-refractivity contribution in [2.24, 2.45) is 0 Å². The number of aromatic nitrogens is 3. The molecule has 0 saturated carbocycles. The minimum absolute atomic E-state index is 0.0526. The number of halogens is 1. The van der Waals surface area contributed by atoms with Crippen molar-refractivity contribution in [1.82, 2.24) is 19.7 Å². The number of furan rings is 1. The van der Waals surface area contributed by atoms with Crippen LogP contribution in [0.25, 0.3) is 11.4 Å². The lowest BCUT2D eigenvalue weighted by Crippen LogP contribution is -2.34. The summed E-state index contributed by atoms with van der Waals surface area (Å²) >= 11 is 7.49. The molecule has 0 saturated heterocycles. The quantitative estimate of drug-likeness (QED) is 0.277. The standard InChI is InChI=1S/C25H25ClN4O2S/c1-3-29(4-2)24(31)22(18-9-6-5-7-10-18)33-25-28-27-23(19-12-14-20(26)15-13-19)30(25)17-21-11-8-16-32-21/h5-16,22H,3-4,17H2,1-2H3. The number of benzene rings is 2. The highest BCUT2D eigenvalue weighted by atomic mass is 35.5. The Bertz CT molecular complexity index is 1170. The fraction of sp³-hybridized carbons (Fsp3) is 0.240. The zero-order valence-corrected chi connectivity index (χ0v) is 20.1. The Morgan fingerprint density at radius 2 is 1.76 bits per heavy atom. The number of rotatable bonds is 9. The third-order valence-corrected chi connectivity index (χ3v) is 6.81.